The number of aromatic nitrogens is 1. The van der Waals surface area contributed by atoms with Crippen LogP contribution in [0, 0.1) is 0 Å². The Morgan fingerprint density at radius 3 is 2.80 bits per heavy atom. The number of amides is 4. The van der Waals surface area contributed by atoms with Crippen molar-refractivity contribution in [2.45, 2.75) is 44.3 Å². The van der Waals surface area contributed by atoms with E-state index in [-0.39, 0.29) is 24.3 Å². The number of nitrogens with one attached hydrogen (secondary N) is 3. The van der Waals surface area contributed by atoms with Crippen molar-refractivity contribution in [3.8, 4) is 0 Å². The summed E-state index contributed by atoms with van der Waals surface area (Å²) in [6, 6.07) is 7.08. The molecule has 0 bridgehead atoms. The number of nitrogens with zero attached hydrogens (tertiary/aromatic N) is 1. The van der Waals surface area contributed by atoms with Crippen molar-refractivity contribution in [3.05, 3.63) is 36.0 Å². The highest BCUT2D eigenvalue weighted by Gasteiger charge is 2.37. The van der Waals surface area contributed by atoms with Gasteiger partial charge < -0.3 is 15.2 Å². The van der Waals surface area contributed by atoms with Gasteiger partial charge in [0.05, 0.1) is 0 Å². The van der Waals surface area contributed by atoms with Crippen LogP contribution < -0.4 is 10.6 Å². The van der Waals surface area contributed by atoms with Crippen LogP contribution in [0.15, 0.2) is 30.5 Å². The van der Waals surface area contributed by atoms with Crippen LogP contribution in [0.3, 0.4) is 0 Å². The maximum absolute atomic E-state index is 13.0. The summed E-state index contributed by atoms with van der Waals surface area (Å²) in [5.41, 5.74) is 2.12. The van der Waals surface area contributed by atoms with Crippen molar-refractivity contribution in [2.24, 2.45) is 0 Å². The highest BCUT2D eigenvalue weighted by molar-refractivity contribution is 5.98. The van der Waals surface area contributed by atoms with Gasteiger partial charge in [0.2, 0.25) is 11.8 Å². The molecular formula is C18H20N4O3. The number of hydrogen-bond acceptors (Lipinski definition) is 3. The summed E-state index contributed by atoms with van der Waals surface area (Å²) in [6.07, 6.45) is 4.36. The summed E-state index contributed by atoms with van der Waals surface area (Å²) in [5.74, 6) is -0.454. The Bertz CT molecular complexity index is 840. The molecule has 1 aromatic heterocycles. The van der Waals surface area contributed by atoms with Crippen LogP contribution in [0.5, 0.6) is 0 Å². The molecule has 2 aromatic rings. The Kier molecular flexibility index (Phi) is 3.91. The quantitative estimate of drug-likeness (QED) is 0.790. The molecule has 1 saturated heterocycles. The van der Waals surface area contributed by atoms with Crippen molar-refractivity contribution in [2.75, 3.05) is 0 Å². The molecular weight excluding hydrogens is 320 g/mol. The topological polar surface area (TPSA) is 94.3 Å². The van der Waals surface area contributed by atoms with Crippen molar-refractivity contribution >= 4 is 28.7 Å². The maximum Gasteiger partial charge on any atom is 0.322 e. The number of H-pyrrole nitrogens is 1. The third-order valence-electron chi connectivity index (χ3n) is 4.76. The average molecular weight is 340 g/mol. The number of carbonyl (C=O) groups is 3. The largest absolute Gasteiger partial charge is 0.361 e. The highest BCUT2D eigenvalue weighted by atomic mass is 16.2. The van der Waals surface area contributed by atoms with Crippen molar-refractivity contribution in [1.82, 2.24) is 20.5 Å². The first-order valence-electron chi connectivity index (χ1n) is 8.57. The average Bonchev–Trinajstić information content (AvgIpc) is 3.35. The summed E-state index contributed by atoms with van der Waals surface area (Å²) in [6.45, 7) is 0.512. The lowest BCUT2D eigenvalue weighted by molar-refractivity contribution is -0.134. The molecule has 1 aliphatic carbocycles. The summed E-state index contributed by atoms with van der Waals surface area (Å²) in [7, 11) is 0. The number of hydrogen-bond donors (Lipinski definition) is 3. The third-order valence-corrected chi connectivity index (χ3v) is 4.76. The van der Waals surface area contributed by atoms with Gasteiger partial charge in [0.1, 0.15) is 6.04 Å². The fourth-order valence-electron chi connectivity index (χ4n) is 3.29. The lowest BCUT2D eigenvalue weighted by Gasteiger charge is -2.27. The monoisotopic (exact) mass is 340 g/mol. The Labute approximate surface area is 144 Å². The van der Waals surface area contributed by atoms with E-state index in [1.54, 1.807) is 0 Å². The molecule has 0 radical (unpaired) electrons. The zero-order valence-electron chi connectivity index (χ0n) is 13.7. The SMILES string of the molecule is O=C1CCC(C(=O)N(Cc2ccc3[nH]ccc3c2)C2CC2)NC(=O)N1. The normalized spacial score (nSPS) is 20.7. The number of benzene rings is 1. The van der Waals surface area contributed by atoms with E-state index in [0.717, 1.165) is 29.3 Å². The minimum atomic E-state index is -0.650. The van der Waals surface area contributed by atoms with Crippen LogP contribution in [0.2, 0.25) is 0 Å². The van der Waals surface area contributed by atoms with E-state index in [1.807, 2.05) is 29.3 Å². The van der Waals surface area contributed by atoms with Gasteiger partial charge in [-0.15, -0.1) is 0 Å². The Morgan fingerprint density at radius 1 is 1.16 bits per heavy atom. The summed E-state index contributed by atoms with van der Waals surface area (Å²) in [4.78, 5) is 41.1. The predicted octanol–water partition coefficient (Wildman–Crippen LogP) is 1.65. The van der Waals surface area contributed by atoms with E-state index in [2.05, 4.69) is 21.7 Å². The first kappa shape index (κ1) is 15.7. The van der Waals surface area contributed by atoms with Gasteiger partial charge in [-0.2, -0.15) is 0 Å². The second-order valence-corrected chi connectivity index (χ2v) is 6.71. The highest BCUT2D eigenvalue weighted by Crippen LogP contribution is 2.30. The molecule has 4 amide bonds. The number of imide groups is 1. The molecule has 1 saturated carbocycles. The molecule has 2 heterocycles. The summed E-state index contributed by atoms with van der Waals surface area (Å²) in [5, 5.41) is 5.94. The molecule has 7 heteroatoms. The molecule has 3 N–H and O–H groups in total. The number of fused-ring (bicyclic) bond motifs is 1. The first-order chi connectivity index (χ1) is 12.1. The van der Waals surface area contributed by atoms with E-state index >= 15 is 0 Å². The lowest BCUT2D eigenvalue weighted by atomic mass is 10.1. The Balaban J connectivity index is 1.53. The molecule has 1 aliphatic heterocycles. The van der Waals surface area contributed by atoms with E-state index in [0.29, 0.717) is 13.0 Å². The predicted molar refractivity (Wildman–Crippen MR) is 91.6 cm³/mol. The molecule has 1 unspecified atom stereocenters. The molecule has 4 rings (SSSR count). The molecule has 2 fully saturated rings. The smallest absolute Gasteiger partial charge is 0.322 e. The second kappa shape index (κ2) is 6.23. The van der Waals surface area contributed by atoms with Crippen LogP contribution in [0.1, 0.15) is 31.2 Å². The standard InChI is InChI=1S/C18H20N4O3/c23-16-6-5-15(20-18(25)21-16)17(24)22(13-2-3-13)10-11-1-4-14-12(9-11)7-8-19-14/h1,4,7-9,13,15,19H,2-3,5-6,10H2,(H2,20,21,23,25). The van der Waals surface area contributed by atoms with Gasteiger partial charge in [0.15, 0.2) is 0 Å². The minimum Gasteiger partial charge on any atom is -0.361 e. The van der Waals surface area contributed by atoms with Gasteiger partial charge in [-0.05, 0) is 48.4 Å². The molecule has 1 atom stereocenters. The van der Waals surface area contributed by atoms with Crippen LogP contribution in [0.25, 0.3) is 10.9 Å². The Hall–Kier alpha value is -2.83. The van der Waals surface area contributed by atoms with E-state index in [4.69, 9.17) is 0 Å². The number of carbonyl (C=O) groups excluding carboxylic acids is 3. The molecule has 130 valence electrons. The number of urea groups is 1. The van der Waals surface area contributed by atoms with Crippen LogP contribution in [-0.4, -0.2) is 39.8 Å². The van der Waals surface area contributed by atoms with E-state index in [9.17, 15) is 14.4 Å². The van der Waals surface area contributed by atoms with Crippen LogP contribution >= 0.6 is 0 Å². The minimum absolute atomic E-state index is 0.110. The zero-order chi connectivity index (χ0) is 17.4. The molecule has 1 aromatic carbocycles. The van der Waals surface area contributed by atoms with Gasteiger partial charge in [-0.3, -0.25) is 14.9 Å². The second-order valence-electron chi connectivity index (χ2n) is 6.71. The molecule has 25 heavy (non-hydrogen) atoms. The van der Waals surface area contributed by atoms with Crippen molar-refractivity contribution in [1.29, 1.82) is 0 Å². The van der Waals surface area contributed by atoms with E-state index in [1.165, 1.54) is 0 Å². The van der Waals surface area contributed by atoms with Crippen LogP contribution in [-0.2, 0) is 16.1 Å². The van der Waals surface area contributed by atoms with Gasteiger partial charge in [-0.25, -0.2) is 4.79 Å². The molecule has 0 spiro atoms. The Morgan fingerprint density at radius 2 is 2.00 bits per heavy atom. The number of aromatic amines is 1. The van der Waals surface area contributed by atoms with Crippen molar-refractivity contribution in [3.63, 3.8) is 0 Å². The molecule has 2 aliphatic rings. The zero-order valence-corrected chi connectivity index (χ0v) is 13.7. The van der Waals surface area contributed by atoms with Gasteiger partial charge >= 0.3 is 6.03 Å². The third kappa shape index (κ3) is 3.35. The first-order valence-corrected chi connectivity index (χ1v) is 8.57. The lowest BCUT2D eigenvalue weighted by Crippen LogP contribution is -2.50. The van der Waals surface area contributed by atoms with E-state index < -0.39 is 12.1 Å². The summed E-state index contributed by atoms with van der Waals surface area (Å²) >= 11 is 0. The summed E-state index contributed by atoms with van der Waals surface area (Å²) < 4.78 is 0. The fourth-order valence-corrected chi connectivity index (χ4v) is 3.29. The fraction of sp³-hybridized carbons (Fsp3) is 0.389. The van der Waals surface area contributed by atoms with Crippen LogP contribution in [0.4, 0.5) is 4.79 Å². The number of rotatable bonds is 4. The maximum atomic E-state index is 13.0. The van der Waals surface area contributed by atoms with Crippen molar-refractivity contribution < 1.29 is 14.4 Å². The van der Waals surface area contributed by atoms with Gasteiger partial charge in [0, 0.05) is 30.7 Å². The molecule has 7 nitrogen and oxygen atoms in total. The van der Waals surface area contributed by atoms with Gasteiger partial charge in [0.25, 0.3) is 0 Å². The van der Waals surface area contributed by atoms with Gasteiger partial charge in [-0.1, -0.05) is 6.07 Å².